The van der Waals surface area contributed by atoms with Crippen LogP contribution in [-0.4, -0.2) is 15.0 Å². The summed E-state index contributed by atoms with van der Waals surface area (Å²) in [6.45, 7) is 4.66. The number of benzene rings is 4. The Morgan fingerprint density at radius 1 is 0.609 bits per heavy atom. The van der Waals surface area contributed by atoms with Crippen LogP contribution < -0.4 is 0 Å². The Morgan fingerprint density at radius 2 is 1.26 bits per heavy atom. The highest BCUT2D eigenvalue weighted by Crippen LogP contribution is 2.60. The second kappa shape index (κ2) is 9.48. The molecule has 0 aliphatic heterocycles. The first kappa shape index (κ1) is 26.6. The minimum Gasteiger partial charge on any atom is -0.443 e. The molecule has 5 aliphatic rings. The first-order chi connectivity index (χ1) is 22.4. The molecule has 226 valence electrons. The second-order valence-electron chi connectivity index (χ2n) is 15.1. The minimum absolute atomic E-state index is 0.0622. The molecule has 2 heterocycles. The third-order valence-electron chi connectivity index (χ3n) is 12.0. The van der Waals surface area contributed by atoms with Crippen molar-refractivity contribution in [3.63, 3.8) is 0 Å². The fourth-order valence-corrected chi connectivity index (χ4v) is 10.2. The van der Waals surface area contributed by atoms with Crippen LogP contribution in [0.5, 0.6) is 0 Å². The lowest BCUT2D eigenvalue weighted by Gasteiger charge is -2.56. The zero-order valence-corrected chi connectivity index (χ0v) is 26.5. The van der Waals surface area contributed by atoms with Gasteiger partial charge in [0.2, 0.25) is 0 Å². The molecule has 4 aromatic carbocycles. The maximum Gasteiger partial charge on any atom is 0.182 e. The predicted octanol–water partition coefficient (Wildman–Crippen LogP) is 10.4. The van der Waals surface area contributed by atoms with E-state index in [2.05, 4.69) is 105 Å². The zero-order valence-electron chi connectivity index (χ0n) is 26.5. The van der Waals surface area contributed by atoms with E-state index < -0.39 is 0 Å². The van der Waals surface area contributed by atoms with Crippen molar-refractivity contribution in [3.8, 4) is 44.8 Å². The molecule has 6 aromatic rings. The van der Waals surface area contributed by atoms with Crippen LogP contribution in [0.2, 0.25) is 0 Å². The molecule has 46 heavy (non-hydrogen) atoms. The third kappa shape index (κ3) is 3.82. The predicted molar refractivity (Wildman–Crippen MR) is 183 cm³/mol. The molecule has 4 heteroatoms. The summed E-state index contributed by atoms with van der Waals surface area (Å²) in [6.07, 6.45) is 9.47. The number of fused-ring (bicyclic) bond motifs is 4. The second-order valence-corrected chi connectivity index (χ2v) is 15.1. The van der Waals surface area contributed by atoms with E-state index >= 15 is 0 Å². The van der Waals surface area contributed by atoms with Gasteiger partial charge in [-0.25, -0.2) is 15.0 Å². The average Bonchev–Trinajstić information content (AvgIpc) is 3.65. The Bertz CT molecular complexity index is 2140. The van der Waals surface area contributed by atoms with E-state index in [1.807, 2.05) is 0 Å². The third-order valence-corrected chi connectivity index (χ3v) is 12.0. The molecule has 4 fully saturated rings. The fraction of sp³-hybridized carbons (Fsp3) is 0.310. The summed E-state index contributed by atoms with van der Waals surface area (Å²) in [5.41, 5.74) is 13.4. The van der Waals surface area contributed by atoms with Crippen LogP contribution in [0.25, 0.3) is 55.9 Å². The lowest BCUT2D eigenvalue weighted by atomic mass is 9.49. The Kier molecular flexibility index (Phi) is 5.49. The molecule has 0 unspecified atom stereocenters. The van der Waals surface area contributed by atoms with Gasteiger partial charge in [-0.15, -0.1) is 0 Å². The maximum absolute atomic E-state index is 6.21. The van der Waals surface area contributed by atoms with E-state index in [1.54, 1.807) is 6.39 Å². The largest absolute Gasteiger partial charge is 0.443 e. The summed E-state index contributed by atoms with van der Waals surface area (Å²) in [5, 5.41) is 0. The summed E-state index contributed by atoms with van der Waals surface area (Å²) >= 11 is 0. The van der Waals surface area contributed by atoms with Crippen LogP contribution in [-0.2, 0) is 10.8 Å². The van der Waals surface area contributed by atoms with Crippen molar-refractivity contribution in [2.45, 2.75) is 63.2 Å². The monoisotopic (exact) mass is 599 g/mol. The zero-order chi connectivity index (χ0) is 30.6. The number of rotatable bonds is 4. The van der Waals surface area contributed by atoms with Crippen LogP contribution in [0.3, 0.4) is 0 Å². The molecule has 5 aliphatic carbocycles. The van der Waals surface area contributed by atoms with Gasteiger partial charge in [-0.3, -0.25) is 0 Å². The van der Waals surface area contributed by atoms with Crippen LogP contribution >= 0.6 is 0 Å². The van der Waals surface area contributed by atoms with Crippen molar-refractivity contribution in [1.82, 2.24) is 15.0 Å². The van der Waals surface area contributed by atoms with E-state index in [4.69, 9.17) is 19.4 Å². The van der Waals surface area contributed by atoms with Crippen molar-refractivity contribution >= 4 is 11.1 Å². The van der Waals surface area contributed by atoms with Crippen molar-refractivity contribution in [3.05, 3.63) is 114 Å². The molecular formula is C42H37N3O. The van der Waals surface area contributed by atoms with E-state index in [0.29, 0.717) is 0 Å². The molecular weight excluding hydrogens is 562 g/mol. The molecule has 0 saturated heterocycles. The molecule has 0 atom stereocenters. The molecule has 4 saturated carbocycles. The van der Waals surface area contributed by atoms with E-state index in [0.717, 1.165) is 68.3 Å². The van der Waals surface area contributed by atoms with Gasteiger partial charge in [0.25, 0.3) is 0 Å². The highest BCUT2D eigenvalue weighted by atomic mass is 16.3. The Morgan fingerprint density at radius 3 is 2.04 bits per heavy atom. The number of hydrogen-bond donors (Lipinski definition) is 0. The number of hydrogen-bond acceptors (Lipinski definition) is 4. The molecule has 11 rings (SSSR count). The van der Waals surface area contributed by atoms with Gasteiger partial charge in [0.15, 0.2) is 12.0 Å². The first-order valence-corrected chi connectivity index (χ1v) is 17.0. The summed E-state index contributed by atoms with van der Waals surface area (Å²) in [5.74, 6) is 3.51. The SMILES string of the molecule is CC1(C)c2ccccc2-c2ccc(-c3ccc(-c4cc(-c5ccccc5)nc(C56CC7CC(CC(C7)C5)C6)n4)c4ocnc34)cc21. The summed E-state index contributed by atoms with van der Waals surface area (Å²) < 4.78 is 6.21. The van der Waals surface area contributed by atoms with E-state index in [9.17, 15) is 0 Å². The van der Waals surface area contributed by atoms with E-state index in [1.165, 1.54) is 60.8 Å². The van der Waals surface area contributed by atoms with Gasteiger partial charge in [-0.05, 0) is 102 Å². The van der Waals surface area contributed by atoms with Gasteiger partial charge in [0.1, 0.15) is 11.3 Å². The van der Waals surface area contributed by atoms with Gasteiger partial charge in [-0.2, -0.15) is 0 Å². The van der Waals surface area contributed by atoms with Crippen LogP contribution in [0.15, 0.2) is 102 Å². The smallest absolute Gasteiger partial charge is 0.182 e. The summed E-state index contributed by atoms with van der Waals surface area (Å²) in [7, 11) is 0. The lowest BCUT2D eigenvalue weighted by Crippen LogP contribution is -2.49. The topological polar surface area (TPSA) is 51.8 Å². The van der Waals surface area contributed by atoms with Crippen molar-refractivity contribution in [1.29, 1.82) is 0 Å². The van der Waals surface area contributed by atoms with Gasteiger partial charge in [0, 0.05) is 27.5 Å². The number of oxazole rings is 1. The van der Waals surface area contributed by atoms with Crippen molar-refractivity contribution in [2.24, 2.45) is 17.8 Å². The molecule has 0 N–H and O–H groups in total. The van der Waals surface area contributed by atoms with Crippen LogP contribution in [0.1, 0.15) is 69.3 Å². The molecule has 2 aromatic heterocycles. The summed E-state index contributed by atoms with van der Waals surface area (Å²) in [4.78, 5) is 15.6. The van der Waals surface area contributed by atoms with Crippen molar-refractivity contribution in [2.75, 3.05) is 0 Å². The minimum atomic E-state index is -0.0622. The van der Waals surface area contributed by atoms with Crippen molar-refractivity contribution < 1.29 is 4.42 Å². The molecule has 0 spiro atoms. The highest BCUT2D eigenvalue weighted by Gasteiger charge is 2.53. The molecule has 4 nitrogen and oxygen atoms in total. The molecule has 0 radical (unpaired) electrons. The Balaban J connectivity index is 1.12. The van der Waals surface area contributed by atoms with E-state index in [-0.39, 0.29) is 10.8 Å². The fourth-order valence-electron chi connectivity index (χ4n) is 10.2. The Hall–Kier alpha value is -4.57. The quantitative estimate of drug-likeness (QED) is 0.202. The lowest BCUT2D eigenvalue weighted by molar-refractivity contribution is -0.00929. The maximum atomic E-state index is 6.21. The molecule has 0 amide bonds. The van der Waals surface area contributed by atoms with Gasteiger partial charge >= 0.3 is 0 Å². The summed E-state index contributed by atoms with van der Waals surface area (Å²) in [6, 6.07) is 32.8. The number of nitrogens with zero attached hydrogens (tertiary/aromatic N) is 3. The van der Waals surface area contributed by atoms with Gasteiger partial charge in [-0.1, -0.05) is 86.6 Å². The standard InChI is InChI=1S/C42H37N3O/c1-41(2)34-11-7-6-10-31(34)32-13-12-29(19-35(32)41)30-14-15-33(39-38(30)43-24-46-39)37-20-36(28-8-4-3-5-9-28)44-40(45-37)42-21-25-16-26(22-42)18-27(17-25)23-42/h3-15,19-20,24-27H,16-18,21-23H2,1-2H3. The van der Waals surface area contributed by atoms with Gasteiger partial charge < -0.3 is 4.42 Å². The van der Waals surface area contributed by atoms with Crippen LogP contribution in [0.4, 0.5) is 0 Å². The van der Waals surface area contributed by atoms with Crippen LogP contribution in [0, 0.1) is 17.8 Å². The van der Waals surface area contributed by atoms with Gasteiger partial charge in [0.05, 0.1) is 11.4 Å². The Labute approximate surface area is 270 Å². The molecule has 4 bridgehead atoms. The average molecular weight is 600 g/mol. The normalized spacial score (nSPS) is 25.1. The first-order valence-electron chi connectivity index (χ1n) is 17.0. The highest BCUT2D eigenvalue weighted by molar-refractivity contribution is 5.99. The number of aromatic nitrogens is 3.